The summed E-state index contributed by atoms with van der Waals surface area (Å²) in [5.74, 6) is -0.567. The van der Waals surface area contributed by atoms with E-state index >= 15 is 0 Å². The highest BCUT2D eigenvalue weighted by Crippen LogP contribution is 2.01. The van der Waals surface area contributed by atoms with Crippen molar-refractivity contribution in [2.75, 3.05) is 6.61 Å². The fraction of sp³-hybridized carbons (Fsp3) is 0.308. The molecular weight excluding hydrogens is 230 g/mol. The minimum absolute atomic E-state index is 0.567. The molecular formula is C13H15N3O2. The van der Waals surface area contributed by atoms with Crippen molar-refractivity contribution in [1.29, 1.82) is 0 Å². The van der Waals surface area contributed by atoms with Crippen molar-refractivity contribution in [3.05, 3.63) is 58.5 Å². The van der Waals surface area contributed by atoms with Crippen molar-refractivity contribution in [3.8, 4) is 0 Å². The van der Waals surface area contributed by atoms with Crippen LogP contribution in [0.5, 0.6) is 0 Å². The van der Waals surface area contributed by atoms with Gasteiger partial charge in [-0.1, -0.05) is 36.4 Å². The summed E-state index contributed by atoms with van der Waals surface area (Å²) in [4.78, 5) is 13.2. The first-order chi connectivity index (χ1) is 8.83. The molecule has 94 valence electrons. The summed E-state index contributed by atoms with van der Waals surface area (Å²) in [6.07, 6.45) is 4.51. The topological polar surface area (TPSA) is 75.1 Å². The van der Waals surface area contributed by atoms with Crippen LogP contribution in [0.4, 0.5) is 0 Å². The van der Waals surface area contributed by atoms with Gasteiger partial charge in [-0.2, -0.15) is 0 Å². The normalized spacial score (nSPS) is 10.2. The number of allylic oxidation sites excluding steroid dienone is 1. The Morgan fingerprint density at radius 2 is 2.17 bits per heavy atom. The number of azide groups is 1. The summed E-state index contributed by atoms with van der Waals surface area (Å²) in [5, 5.41) is 2.92. The summed E-state index contributed by atoms with van der Waals surface area (Å²) in [6.45, 7) is 1.23. The zero-order valence-corrected chi connectivity index (χ0v) is 10.0. The van der Waals surface area contributed by atoms with Crippen LogP contribution in [0.1, 0.15) is 18.4 Å². The maximum Gasteiger partial charge on any atom is 0.241 e. The number of rotatable bonds is 7. The standard InChI is InChI=1S/C13H15N3O2/c14-16-15-13(17)9-5-2-6-10-18-11-12-7-3-1-4-8-12/h1,3-5,7-9H,2,6,10-11H2/b9-5+. The Balaban J connectivity index is 2.06. The lowest BCUT2D eigenvalue weighted by Gasteiger charge is -2.02. The van der Waals surface area contributed by atoms with Gasteiger partial charge < -0.3 is 4.74 Å². The van der Waals surface area contributed by atoms with Crippen LogP contribution in [-0.2, 0) is 16.1 Å². The molecule has 0 aliphatic carbocycles. The molecule has 0 fully saturated rings. The molecule has 1 aromatic rings. The number of unbranched alkanes of at least 4 members (excludes halogenated alkanes) is 1. The molecule has 0 atom stereocenters. The third-order valence-corrected chi connectivity index (χ3v) is 2.17. The van der Waals surface area contributed by atoms with Gasteiger partial charge in [0.1, 0.15) is 0 Å². The van der Waals surface area contributed by atoms with Crippen molar-refractivity contribution >= 4 is 5.91 Å². The number of carbonyl (C=O) groups excluding carboxylic acids is 1. The lowest BCUT2D eigenvalue weighted by Crippen LogP contribution is -1.94. The van der Waals surface area contributed by atoms with E-state index in [1.54, 1.807) is 6.08 Å². The summed E-state index contributed by atoms with van der Waals surface area (Å²) < 4.78 is 5.47. The van der Waals surface area contributed by atoms with Gasteiger partial charge in [0.15, 0.2) is 0 Å². The maximum absolute atomic E-state index is 10.8. The third-order valence-electron chi connectivity index (χ3n) is 2.17. The molecule has 1 amide bonds. The van der Waals surface area contributed by atoms with Crippen molar-refractivity contribution in [3.63, 3.8) is 0 Å². The molecule has 5 heteroatoms. The van der Waals surface area contributed by atoms with E-state index in [1.807, 2.05) is 30.3 Å². The Morgan fingerprint density at radius 3 is 2.89 bits per heavy atom. The lowest BCUT2D eigenvalue weighted by molar-refractivity contribution is -0.113. The number of ether oxygens (including phenoxy) is 1. The van der Waals surface area contributed by atoms with Gasteiger partial charge in [0.25, 0.3) is 0 Å². The molecule has 18 heavy (non-hydrogen) atoms. The summed E-state index contributed by atoms with van der Waals surface area (Å²) in [6, 6.07) is 9.94. The predicted molar refractivity (Wildman–Crippen MR) is 68.6 cm³/mol. The Morgan fingerprint density at radius 1 is 1.39 bits per heavy atom. The number of carbonyl (C=O) groups is 1. The molecule has 0 unspecified atom stereocenters. The van der Waals surface area contributed by atoms with Gasteiger partial charge >= 0.3 is 0 Å². The lowest BCUT2D eigenvalue weighted by atomic mass is 10.2. The first-order valence-electron chi connectivity index (χ1n) is 5.70. The van der Waals surface area contributed by atoms with E-state index in [-0.39, 0.29) is 0 Å². The number of hydrogen-bond acceptors (Lipinski definition) is 2. The average molecular weight is 245 g/mol. The van der Waals surface area contributed by atoms with E-state index in [1.165, 1.54) is 6.08 Å². The number of nitrogens with zero attached hydrogens (tertiary/aromatic N) is 3. The second kappa shape index (κ2) is 8.98. The highest BCUT2D eigenvalue weighted by Gasteiger charge is 1.92. The van der Waals surface area contributed by atoms with Gasteiger partial charge in [0.05, 0.1) is 6.61 Å². The zero-order valence-electron chi connectivity index (χ0n) is 10.0. The van der Waals surface area contributed by atoms with E-state index in [0.29, 0.717) is 13.2 Å². The van der Waals surface area contributed by atoms with Crippen molar-refractivity contribution in [2.24, 2.45) is 5.11 Å². The molecule has 0 bridgehead atoms. The fourth-order valence-corrected chi connectivity index (χ4v) is 1.33. The van der Waals surface area contributed by atoms with E-state index in [4.69, 9.17) is 10.3 Å². The Hall–Kier alpha value is -2.10. The van der Waals surface area contributed by atoms with Gasteiger partial charge in [0.2, 0.25) is 5.91 Å². The number of benzene rings is 1. The van der Waals surface area contributed by atoms with Crippen LogP contribution >= 0.6 is 0 Å². The Bertz CT molecular complexity index is 437. The van der Waals surface area contributed by atoms with Gasteiger partial charge in [0, 0.05) is 11.5 Å². The highest BCUT2D eigenvalue weighted by molar-refractivity contribution is 5.88. The molecule has 5 nitrogen and oxygen atoms in total. The molecule has 0 aliphatic heterocycles. The molecule has 0 radical (unpaired) electrons. The zero-order chi connectivity index (χ0) is 13.1. The van der Waals surface area contributed by atoms with Crippen LogP contribution in [0.25, 0.3) is 10.4 Å². The largest absolute Gasteiger partial charge is 0.377 e. The van der Waals surface area contributed by atoms with Crippen LogP contribution in [-0.4, -0.2) is 12.5 Å². The summed E-state index contributed by atoms with van der Waals surface area (Å²) in [7, 11) is 0. The molecule has 1 aromatic carbocycles. The average Bonchev–Trinajstić information content (AvgIpc) is 2.39. The van der Waals surface area contributed by atoms with Crippen molar-refractivity contribution in [1.82, 2.24) is 0 Å². The minimum atomic E-state index is -0.567. The number of hydrogen-bond donors (Lipinski definition) is 0. The number of amides is 1. The Labute approximate surface area is 106 Å². The van der Waals surface area contributed by atoms with Crippen LogP contribution in [0.3, 0.4) is 0 Å². The molecule has 0 N–H and O–H groups in total. The summed E-state index contributed by atoms with van der Waals surface area (Å²) in [5.41, 5.74) is 9.15. The van der Waals surface area contributed by atoms with E-state index in [9.17, 15) is 4.79 Å². The molecule has 0 saturated heterocycles. The van der Waals surface area contributed by atoms with E-state index in [2.05, 4.69) is 10.0 Å². The maximum atomic E-state index is 10.8. The monoisotopic (exact) mass is 245 g/mol. The molecule has 0 aromatic heterocycles. The van der Waals surface area contributed by atoms with Gasteiger partial charge in [-0.3, -0.25) is 4.79 Å². The van der Waals surface area contributed by atoms with Crippen LogP contribution in [0.15, 0.2) is 47.6 Å². The quantitative estimate of drug-likeness (QED) is 0.243. The molecule has 0 aliphatic rings. The molecule has 0 saturated carbocycles. The van der Waals surface area contributed by atoms with Crippen LogP contribution in [0.2, 0.25) is 0 Å². The fourth-order valence-electron chi connectivity index (χ4n) is 1.33. The van der Waals surface area contributed by atoms with Gasteiger partial charge in [-0.25, -0.2) is 0 Å². The van der Waals surface area contributed by atoms with E-state index in [0.717, 1.165) is 18.4 Å². The molecule has 1 rings (SSSR count). The minimum Gasteiger partial charge on any atom is -0.377 e. The highest BCUT2D eigenvalue weighted by atomic mass is 16.5. The molecule has 0 heterocycles. The summed E-state index contributed by atoms with van der Waals surface area (Å²) >= 11 is 0. The Kier molecular flexibility index (Phi) is 6.97. The second-order valence-corrected chi connectivity index (χ2v) is 3.61. The van der Waals surface area contributed by atoms with Crippen LogP contribution in [0, 0.1) is 0 Å². The predicted octanol–water partition coefficient (Wildman–Crippen LogP) is 3.38. The first kappa shape index (κ1) is 14.0. The van der Waals surface area contributed by atoms with Gasteiger partial charge in [-0.15, -0.1) is 0 Å². The van der Waals surface area contributed by atoms with E-state index < -0.39 is 5.91 Å². The second-order valence-electron chi connectivity index (χ2n) is 3.61. The van der Waals surface area contributed by atoms with Crippen molar-refractivity contribution < 1.29 is 9.53 Å². The first-order valence-corrected chi connectivity index (χ1v) is 5.70. The van der Waals surface area contributed by atoms with Gasteiger partial charge in [-0.05, 0) is 35.1 Å². The SMILES string of the molecule is [N-]=[N+]=NC(=O)/C=C/CCCOCc1ccccc1. The third kappa shape index (κ3) is 6.48. The molecule has 0 spiro atoms. The van der Waals surface area contributed by atoms with Crippen LogP contribution < -0.4 is 0 Å². The van der Waals surface area contributed by atoms with Crippen molar-refractivity contribution in [2.45, 2.75) is 19.4 Å². The smallest absolute Gasteiger partial charge is 0.241 e.